The molecule has 0 aliphatic heterocycles. The number of carbonyl (C=O) groups is 1. The Bertz CT molecular complexity index is 934. The van der Waals surface area contributed by atoms with E-state index in [4.69, 9.17) is 11.1 Å². The highest BCUT2D eigenvalue weighted by Gasteiger charge is 2.08. The van der Waals surface area contributed by atoms with Gasteiger partial charge < -0.3 is 21.1 Å². The smallest absolute Gasteiger partial charge is 0.251 e. The molecular formula is C20H21N5O2. The van der Waals surface area contributed by atoms with Crippen LogP contribution in [0.15, 0.2) is 55.0 Å². The number of carbonyl (C=O) groups excluding carboxylic acids is 1. The second-order valence-corrected chi connectivity index (χ2v) is 6.16. The third-order valence-electron chi connectivity index (χ3n) is 4.26. The molecule has 7 nitrogen and oxygen atoms in total. The molecule has 0 atom stereocenters. The number of aromatic hydroxyl groups is 1. The van der Waals surface area contributed by atoms with Gasteiger partial charge in [0.15, 0.2) is 0 Å². The molecule has 1 heterocycles. The van der Waals surface area contributed by atoms with Crippen LogP contribution in [-0.4, -0.2) is 33.4 Å². The summed E-state index contributed by atoms with van der Waals surface area (Å²) in [5.41, 5.74) is 9.20. The van der Waals surface area contributed by atoms with Gasteiger partial charge in [0.2, 0.25) is 0 Å². The number of nitrogens with one attached hydrogen (secondary N) is 3. The van der Waals surface area contributed by atoms with Gasteiger partial charge in [-0.15, -0.1) is 0 Å². The predicted molar refractivity (Wildman–Crippen MR) is 104 cm³/mol. The lowest BCUT2D eigenvalue weighted by Crippen LogP contribution is -2.24. The van der Waals surface area contributed by atoms with Crippen LogP contribution in [0.25, 0.3) is 11.3 Å². The standard InChI is InChI=1S/C20H21N5O2/c21-19(22)16-7-8-18(26)15(10-16)2-1-9-24-20(27)14-5-3-13(4-6-14)17-11-23-12-25-17/h3-8,10-12,26H,1-2,9H2,(H3,21,22)(H,23,25)(H,24,27). The van der Waals surface area contributed by atoms with Gasteiger partial charge in [-0.2, -0.15) is 0 Å². The van der Waals surface area contributed by atoms with E-state index in [-0.39, 0.29) is 17.5 Å². The van der Waals surface area contributed by atoms with Crippen molar-refractivity contribution in [1.82, 2.24) is 15.3 Å². The molecule has 0 bridgehead atoms. The lowest BCUT2D eigenvalue weighted by molar-refractivity contribution is 0.0953. The maximum atomic E-state index is 12.2. The number of H-pyrrole nitrogens is 1. The van der Waals surface area contributed by atoms with Crippen LogP contribution in [0.2, 0.25) is 0 Å². The molecule has 0 unspecified atom stereocenters. The number of phenols is 1. The number of amides is 1. The minimum absolute atomic E-state index is 0.0388. The lowest BCUT2D eigenvalue weighted by Gasteiger charge is -2.09. The van der Waals surface area contributed by atoms with E-state index in [1.165, 1.54) is 6.07 Å². The first-order valence-corrected chi connectivity index (χ1v) is 8.58. The SMILES string of the molecule is N=C(N)c1ccc(O)c(CCCNC(=O)c2ccc(-c3cnc[nH]3)cc2)c1. The van der Waals surface area contributed by atoms with Gasteiger partial charge in [-0.05, 0) is 54.3 Å². The molecule has 1 aromatic heterocycles. The van der Waals surface area contributed by atoms with E-state index in [1.807, 2.05) is 12.1 Å². The topological polar surface area (TPSA) is 128 Å². The van der Waals surface area contributed by atoms with Gasteiger partial charge in [-0.25, -0.2) is 4.98 Å². The summed E-state index contributed by atoms with van der Waals surface area (Å²) in [6, 6.07) is 12.1. The highest BCUT2D eigenvalue weighted by atomic mass is 16.3. The summed E-state index contributed by atoms with van der Waals surface area (Å²) in [6.07, 6.45) is 4.57. The Morgan fingerprint density at radius 2 is 1.93 bits per heavy atom. The summed E-state index contributed by atoms with van der Waals surface area (Å²) in [5, 5.41) is 20.2. The number of aryl methyl sites for hydroxylation is 1. The van der Waals surface area contributed by atoms with Gasteiger partial charge in [0.25, 0.3) is 5.91 Å². The quantitative estimate of drug-likeness (QED) is 0.251. The Kier molecular flexibility index (Phi) is 5.51. The van der Waals surface area contributed by atoms with Crippen LogP contribution in [0, 0.1) is 5.41 Å². The number of nitrogens with two attached hydrogens (primary N) is 1. The van der Waals surface area contributed by atoms with E-state index < -0.39 is 0 Å². The number of aromatic nitrogens is 2. The number of hydrogen-bond donors (Lipinski definition) is 5. The van der Waals surface area contributed by atoms with E-state index in [0.29, 0.717) is 36.1 Å². The fourth-order valence-electron chi connectivity index (χ4n) is 2.75. The first kappa shape index (κ1) is 18.2. The summed E-state index contributed by atoms with van der Waals surface area (Å²) < 4.78 is 0. The molecule has 2 aromatic carbocycles. The van der Waals surface area contributed by atoms with Gasteiger partial charge in [0, 0.05) is 17.7 Å². The zero-order valence-electron chi connectivity index (χ0n) is 14.7. The fourth-order valence-corrected chi connectivity index (χ4v) is 2.75. The average Bonchev–Trinajstić information content (AvgIpc) is 3.21. The Morgan fingerprint density at radius 1 is 1.19 bits per heavy atom. The van der Waals surface area contributed by atoms with Crippen LogP contribution in [0.3, 0.4) is 0 Å². The largest absolute Gasteiger partial charge is 0.508 e. The van der Waals surface area contributed by atoms with Crippen LogP contribution in [0.4, 0.5) is 0 Å². The highest BCUT2D eigenvalue weighted by molar-refractivity contribution is 5.95. The highest BCUT2D eigenvalue weighted by Crippen LogP contribution is 2.20. The first-order valence-electron chi connectivity index (χ1n) is 8.58. The number of aromatic amines is 1. The van der Waals surface area contributed by atoms with Crippen molar-refractivity contribution in [3.8, 4) is 17.0 Å². The molecule has 7 heteroatoms. The van der Waals surface area contributed by atoms with Crippen molar-refractivity contribution in [3.63, 3.8) is 0 Å². The average molecular weight is 363 g/mol. The fraction of sp³-hybridized carbons (Fsp3) is 0.150. The molecule has 3 rings (SSSR count). The van der Waals surface area contributed by atoms with E-state index in [9.17, 15) is 9.90 Å². The molecule has 0 spiro atoms. The maximum Gasteiger partial charge on any atom is 0.251 e. The van der Waals surface area contributed by atoms with Crippen molar-refractivity contribution >= 4 is 11.7 Å². The Labute approximate surface area is 156 Å². The molecule has 138 valence electrons. The number of amidine groups is 1. The number of imidazole rings is 1. The van der Waals surface area contributed by atoms with Crippen molar-refractivity contribution in [1.29, 1.82) is 5.41 Å². The molecule has 3 aromatic rings. The molecule has 0 fully saturated rings. The van der Waals surface area contributed by atoms with Crippen LogP contribution in [0.1, 0.15) is 27.9 Å². The second kappa shape index (κ2) is 8.18. The molecule has 0 saturated carbocycles. The summed E-state index contributed by atoms with van der Waals surface area (Å²) in [7, 11) is 0. The van der Waals surface area contributed by atoms with Crippen molar-refractivity contribution in [3.05, 3.63) is 71.7 Å². The number of nitrogens with zero attached hydrogens (tertiary/aromatic N) is 1. The summed E-state index contributed by atoms with van der Waals surface area (Å²) in [4.78, 5) is 19.2. The van der Waals surface area contributed by atoms with Gasteiger partial charge in [0.1, 0.15) is 11.6 Å². The third kappa shape index (κ3) is 4.52. The van der Waals surface area contributed by atoms with Crippen LogP contribution < -0.4 is 11.1 Å². The number of benzene rings is 2. The maximum absolute atomic E-state index is 12.2. The van der Waals surface area contributed by atoms with Crippen molar-refractivity contribution in [2.24, 2.45) is 5.73 Å². The molecule has 6 N–H and O–H groups in total. The number of phenolic OH excluding ortho intramolecular Hbond substituents is 1. The molecule has 27 heavy (non-hydrogen) atoms. The van der Waals surface area contributed by atoms with Crippen molar-refractivity contribution in [2.75, 3.05) is 6.54 Å². The zero-order valence-corrected chi connectivity index (χ0v) is 14.7. The van der Waals surface area contributed by atoms with Gasteiger partial charge >= 0.3 is 0 Å². The van der Waals surface area contributed by atoms with Gasteiger partial charge in [-0.3, -0.25) is 10.2 Å². The Morgan fingerprint density at radius 3 is 2.59 bits per heavy atom. The van der Waals surface area contributed by atoms with E-state index >= 15 is 0 Å². The number of nitrogen functional groups attached to an aromatic ring is 1. The van der Waals surface area contributed by atoms with Crippen molar-refractivity contribution < 1.29 is 9.90 Å². The zero-order chi connectivity index (χ0) is 19.2. The molecule has 0 aliphatic rings. The van der Waals surface area contributed by atoms with Crippen molar-refractivity contribution in [2.45, 2.75) is 12.8 Å². The van der Waals surface area contributed by atoms with Crippen LogP contribution in [-0.2, 0) is 6.42 Å². The first-order chi connectivity index (χ1) is 13.0. The molecule has 0 saturated heterocycles. The third-order valence-corrected chi connectivity index (χ3v) is 4.26. The molecule has 0 aliphatic carbocycles. The minimum Gasteiger partial charge on any atom is -0.508 e. The lowest BCUT2D eigenvalue weighted by atomic mass is 10.0. The second-order valence-electron chi connectivity index (χ2n) is 6.16. The van der Waals surface area contributed by atoms with Gasteiger partial charge in [-0.1, -0.05) is 12.1 Å². The van der Waals surface area contributed by atoms with Gasteiger partial charge in [0.05, 0.1) is 18.2 Å². The predicted octanol–water partition coefficient (Wildman–Crippen LogP) is 2.43. The minimum atomic E-state index is -0.145. The monoisotopic (exact) mass is 363 g/mol. The van der Waals surface area contributed by atoms with E-state index in [1.54, 1.807) is 36.8 Å². The normalized spacial score (nSPS) is 10.5. The van der Waals surface area contributed by atoms with E-state index in [0.717, 1.165) is 11.3 Å². The summed E-state index contributed by atoms with van der Waals surface area (Å²) in [5.74, 6) is -0.0169. The number of rotatable bonds is 7. The summed E-state index contributed by atoms with van der Waals surface area (Å²) in [6.45, 7) is 0.477. The molecule has 1 amide bonds. The number of hydrogen-bond acceptors (Lipinski definition) is 4. The Hall–Kier alpha value is -3.61. The van der Waals surface area contributed by atoms with Crippen LogP contribution in [0.5, 0.6) is 5.75 Å². The molecule has 0 radical (unpaired) electrons. The Balaban J connectivity index is 1.51. The van der Waals surface area contributed by atoms with Crippen LogP contribution >= 0.6 is 0 Å². The van der Waals surface area contributed by atoms with E-state index in [2.05, 4.69) is 15.3 Å². The molecular weight excluding hydrogens is 342 g/mol. The summed E-state index contributed by atoms with van der Waals surface area (Å²) >= 11 is 0.